The highest BCUT2D eigenvalue weighted by Crippen LogP contribution is 2.19. The van der Waals surface area contributed by atoms with E-state index in [-0.39, 0.29) is 29.9 Å². The summed E-state index contributed by atoms with van der Waals surface area (Å²) in [5, 5.41) is 7.25. The summed E-state index contributed by atoms with van der Waals surface area (Å²) >= 11 is 1.47. The molecular weight excluding hydrogens is 477 g/mol. The molecule has 10 heteroatoms. The van der Waals surface area contributed by atoms with Crippen LogP contribution in [0.15, 0.2) is 4.99 Å². The van der Waals surface area contributed by atoms with Crippen LogP contribution in [0.4, 0.5) is 5.13 Å². The molecule has 0 aromatic carbocycles. The van der Waals surface area contributed by atoms with E-state index in [9.17, 15) is 4.79 Å². The number of amides is 1. The number of piperazine rings is 1. The average Bonchev–Trinajstić information content (AvgIpc) is 3.12. The highest BCUT2D eigenvalue weighted by atomic mass is 127. The summed E-state index contributed by atoms with van der Waals surface area (Å²) in [6.07, 6.45) is 0.869. The molecule has 0 atom stereocenters. The van der Waals surface area contributed by atoms with E-state index in [0.29, 0.717) is 13.1 Å². The van der Waals surface area contributed by atoms with E-state index in [2.05, 4.69) is 41.7 Å². The third-order valence-electron chi connectivity index (χ3n) is 4.48. The van der Waals surface area contributed by atoms with Crippen LogP contribution in [0.25, 0.3) is 0 Å². The first kappa shape index (κ1) is 23.9. The fourth-order valence-electron chi connectivity index (χ4n) is 2.74. The molecule has 0 bridgehead atoms. The fraction of sp³-hybridized carbons (Fsp3) is 0.765. The van der Waals surface area contributed by atoms with E-state index in [1.54, 1.807) is 7.05 Å². The van der Waals surface area contributed by atoms with Gasteiger partial charge in [0.25, 0.3) is 0 Å². The van der Waals surface area contributed by atoms with Crippen LogP contribution in [0.5, 0.6) is 0 Å². The summed E-state index contributed by atoms with van der Waals surface area (Å²) in [5.74, 6) is 1.81. The van der Waals surface area contributed by atoms with Crippen molar-refractivity contribution >= 4 is 52.5 Å². The molecule has 1 aliphatic rings. The maximum absolute atomic E-state index is 12.1. The zero-order valence-electron chi connectivity index (χ0n) is 16.9. The molecule has 2 rings (SSSR count). The van der Waals surface area contributed by atoms with Gasteiger partial charge in [0.2, 0.25) is 11.0 Å². The van der Waals surface area contributed by atoms with Crippen molar-refractivity contribution in [2.75, 3.05) is 51.2 Å². The van der Waals surface area contributed by atoms with Gasteiger partial charge in [-0.25, -0.2) is 4.98 Å². The Hall–Kier alpha value is -1.17. The van der Waals surface area contributed by atoms with Crippen molar-refractivity contribution < 1.29 is 4.79 Å². The summed E-state index contributed by atoms with van der Waals surface area (Å²) in [4.78, 5) is 25.6. The number of anilines is 1. The van der Waals surface area contributed by atoms with Gasteiger partial charge in [0, 0.05) is 64.3 Å². The number of aryl methyl sites for hydroxylation is 1. The van der Waals surface area contributed by atoms with Crippen LogP contribution in [0.3, 0.4) is 0 Å². The second-order valence-electron chi connectivity index (χ2n) is 6.96. The molecule has 1 aromatic heterocycles. The Morgan fingerprint density at radius 1 is 1.22 bits per heavy atom. The van der Waals surface area contributed by atoms with Crippen molar-refractivity contribution in [2.24, 2.45) is 10.4 Å². The number of aromatic nitrogens is 2. The normalized spacial score (nSPS) is 15.4. The van der Waals surface area contributed by atoms with E-state index >= 15 is 0 Å². The molecule has 8 nitrogen and oxygen atoms in total. The number of halogens is 1. The van der Waals surface area contributed by atoms with Crippen LogP contribution in [-0.2, 0) is 11.2 Å². The van der Waals surface area contributed by atoms with Crippen molar-refractivity contribution in [3.8, 4) is 0 Å². The minimum Gasteiger partial charge on any atom is -0.356 e. The molecule has 2 N–H and O–H groups in total. The van der Waals surface area contributed by atoms with Crippen LogP contribution in [-0.4, -0.2) is 72.4 Å². The maximum atomic E-state index is 12.1. The smallest absolute Gasteiger partial charge is 0.227 e. The van der Waals surface area contributed by atoms with E-state index < -0.39 is 5.41 Å². The summed E-state index contributed by atoms with van der Waals surface area (Å²) in [6, 6.07) is 0. The molecule has 1 saturated heterocycles. The molecular formula is C17H32IN7OS. The SMILES string of the molecule is CCNC(=O)C(C)(C)CNC(=NC)N1CCN(c2nc(CC)ns2)CC1.I. The summed E-state index contributed by atoms with van der Waals surface area (Å²) in [6.45, 7) is 12.6. The molecule has 0 radical (unpaired) electrons. The van der Waals surface area contributed by atoms with Gasteiger partial charge in [-0.15, -0.1) is 24.0 Å². The Labute approximate surface area is 183 Å². The largest absolute Gasteiger partial charge is 0.356 e. The van der Waals surface area contributed by atoms with Crippen LogP contribution in [0.2, 0.25) is 0 Å². The molecule has 1 fully saturated rings. The Bertz CT molecular complexity index is 627. The number of carbonyl (C=O) groups excluding carboxylic acids is 1. The van der Waals surface area contributed by atoms with Crippen LogP contribution in [0.1, 0.15) is 33.5 Å². The molecule has 1 aromatic rings. The number of aliphatic imine (C=N–C) groups is 1. The van der Waals surface area contributed by atoms with E-state index in [1.807, 2.05) is 20.8 Å². The number of guanidine groups is 1. The third-order valence-corrected chi connectivity index (χ3v) is 5.29. The van der Waals surface area contributed by atoms with E-state index in [4.69, 9.17) is 0 Å². The molecule has 1 amide bonds. The molecule has 27 heavy (non-hydrogen) atoms. The highest BCUT2D eigenvalue weighted by Gasteiger charge is 2.28. The van der Waals surface area contributed by atoms with Crippen molar-refractivity contribution in [3.63, 3.8) is 0 Å². The topological polar surface area (TPSA) is 85.8 Å². The number of nitrogens with zero attached hydrogens (tertiary/aromatic N) is 5. The van der Waals surface area contributed by atoms with Crippen molar-refractivity contribution in [1.82, 2.24) is 24.9 Å². The standard InChI is InChI=1S/C17H31N7OS.HI/c1-6-13-21-16(26-22-13)24-10-8-23(9-11-24)15(18-5)20-12-17(3,4)14(25)19-7-2;/h6-12H2,1-5H3,(H,18,20)(H,19,25);1H. The summed E-state index contributed by atoms with van der Waals surface area (Å²) < 4.78 is 4.37. The number of nitrogens with one attached hydrogen (secondary N) is 2. The lowest BCUT2D eigenvalue weighted by Crippen LogP contribution is -2.54. The Morgan fingerprint density at radius 2 is 1.89 bits per heavy atom. The quantitative estimate of drug-likeness (QED) is 0.344. The minimum absolute atomic E-state index is 0. The highest BCUT2D eigenvalue weighted by molar-refractivity contribution is 14.0. The second kappa shape index (κ2) is 11.0. The van der Waals surface area contributed by atoms with Gasteiger partial charge in [-0.2, -0.15) is 4.37 Å². The van der Waals surface area contributed by atoms with Gasteiger partial charge in [0.1, 0.15) is 5.82 Å². The lowest BCUT2D eigenvalue weighted by Gasteiger charge is -2.37. The summed E-state index contributed by atoms with van der Waals surface area (Å²) in [7, 11) is 1.78. The van der Waals surface area contributed by atoms with Gasteiger partial charge in [-0.1, -0.05) is 6.92 Å². The number of hydrogen-bond donors (Lipinski definition) is 2. The van der Waals surface area contributed by atoms with Crippen molar-refractivity contribution in [2.45, 2.75) is 34.1 Å². The number of hydrogen-bond acceptors (Lipinski definition) is 6. The summed E-state index contributed by atoms with van der Waals surface area (Å²) in [5.41, 5.74) is -0.489. The molecule has 154 valence electrons. The fourth-order valence-corrected chi connectivity index (χ4v) is 3.54. The van der Waals surface area contributed by atoms with Gasteiger partial charge < -0.3 is 20.4 Å². The van der Waals surface area contributed by atoms with Crippen molar-refractivity contribution in [3.05, 3.63) is 5.82 Å². The first-order valence-corrected chi connectivity index (χ1v) is 10.00. The lowest BCUT2D eigenvalue weighted by molar-refractivity contribution is -0.128. The predicted molar refractivity (Wildman–Crippen MR) is 122 cm³/mol. The minimum atomic E-state index is -0.489. The maximum Gasteiger partial charge on any atom is 0.227 e. The Morgan fingerprint density at radius 3 is 2.41 bits per heavy atom. The lowest BCUT2D eigenvalue weighted by atomic mass is 9.92. The number of rotatable bonds is 6. The molecule has 2 heterocycles. The van der Waals surface area contributed by atoms with Gasteiger partial charge in [-0.05, 0) is 20.8 Å². The molecule has 0 aliphatic carbocycles. The Kier molecular flexibility index (Phi) is 9.71. The zero-order chi connectivity index (χ0) is 19.2. The van der Waals surface area contributed by atoms with Gasteiger partial charge in [-0.3, -0.25) is 9.79 Å². The monoisotopic (exact) mass is 509 g/mol. The predicted octanol–water partition coefficient (Wildman–Crippen LogP) is 1.58. The van der Waals surface area contributed by atoms with Crippen LogP contribution < -0.4 is 15.5 Å². The van der Waals surface area contributed by atoms with Gasteiger partial charge >= 0.3 is 0 Å². The average molecular weight is 509 g/mol. The van der Waals surface area contributed by atoms with Crippen molar-refractivity contribution in [1.29, 1.82) is 0 Å². The van der Waals surface area contributed by atoms with E-state index in [0.717, 1.165) is 49.5 Å². The zero-order valence-corrected chi connectivity index (χ0v) is 20.1. The second-order valence-corrected chi connectivity index (χ2v) is 7.70. The molecule has 0 spiro atoms. The third kappa shape index (κ3) is 6.44. The molecule has 1 aliphatic heterocycles. The first-order valence-electron chi connectivity index (χ1n) is 9.22. The molecule has 0 saturated carbocycles. The van der Waals surface area contributed by atoms with Crippen LogP contribution in [0, 0.1) is 5.41 Å². The number of carbonyl (C=O) groups is 1. The van der Waals surface area contributed by atoms with Gasteiger partial charge in [0.05, 0.1) is 5.41 Å². The van der Waals surface area contributed by atoms with Crippen LogP contribution >= 0.6 is 35.5 Å². The van der Waals surface area contributed by atoms with Gasteiger partial charge in [0.15, 0.2) is 5.96 Å². The Balaban J connectivity index is 0.00000364. The molecule has 0 unspecified atom stereocenters. The van der Waals surface area contributed by atoms with E-state index in [1.165, 1.54) is 11.5 Å². The first-order chi connectivity index (χ1) is 12.4.